The lowest BCUT2D eigenvalue weighted by molar-refractivity contribution is -0.132. The van der Waals surface area contributed by atoms with Gasteiger partial charge in [-0.25, -0.2) is 4.98 Å². The van der Waals surface area contributed by atoms with E-state index in [1.807, 2.05) is 0 Å². The lowest BCUT2D eigenvalue weighted by atomic mass is 9.92. The maximum absolute atomic E-state index is 13.0. The monoisotopic (exact) mass is 290 g/mol. The van der Waals surface area contributed by atoms with Gasteiger partial charge in [0.25, 0.3) is 5.56 Å². The average molecular weight is 290 g/mol. The number of anilines is 1. The van der Waals surface area contributed by atoms with Gasteiger partial charge in [-0.3, -0.25) is 19.0 Å². The van der Waals surface area contributed by atoms with Crippen molar-refractivity contribution in [3.8, 4) is 0 Å². The van der Waals surface area contributed by atoms with E-state index in [4.69, 9.17) is 12.6 Å². The van der Waals surface area contributed by atoms with Crippen LogP contribution in [0.3, 0.4) is 0 Å². The molecule has 108 valence electrons. The van der Waals surface area contributed by atoms with Crippen molar-refractivity contribution < 1.29 is 16.4 Å². The number of hydrogen-bond acceptors (Lipinski definition) is 5. The van der Waals surface area contributed by atoms with E-state index >= 15 is 0 Å². The van der Waals surface area contributed by atoms with Crippen LogP contribution in [0.2, 0.25) is 0 Å². The molecule has 1 fully saturated rings. The van der Waals surface area contributed by atoms with Crippen LogP contribution in [-0.2, 0) is 9.59 Å². The van der Waals surface area contributed by atoms with Crippen molar-refractivity contribution >= 4 is 28.2 Å². The lowest BCUT2D eigenvalue weighted by Crippen LogP contribution is -2.36. The highest BCUT2D eigenvalue weighted by Gasteiger charge is 2.30. The third-order valence-corrected chi connectivity index (χ3v) is 3.26. The number of nitrogen functional groups attached to an aromatic ring is 1. The quantitative estimate of drug-likeness (QED) is 0.628. The summed E-state index contributed by atoms with van der Waals surface area (Å²) in [4.78, 5) is 41.1. The molecule has 1 aromatic carbocycles. The van der Waals surface area contributed by atoms with Crippen molar-refractivity contribution in [1.29, 1.82) is 0 Å². The van der Waals surface area contributed by atoms with Crippen LogP contribution in [0.5, 0.6) is 0 Å². The van der Waals surface area contributed by atoms with Gasteiger partial charge in [0.05, 0.1) is 27.5 Å². The molecule has 1 heterocycles. The molecule has 6 heteroatoms. The van der Waals surface area contributed by atoms with Gasteiger partial charge in [-0.15, -0.1) is 0 Å². The normalized spacial score (nSPS) is 28.5. The molecule has 2 aromatic rings. The van der Waals surface area contributed by atoms with E-state index in [9.17, 15) is 14.4 Å². The molecule has 0 amide bonds. The zero-order valence-corrected chi connectivity index (χ0v) is 11.2. The second kappa shape index (κ2) is 4.80. The Morgan fingerprint density at radius 2 is 2.29 bits per heavy atom. The van der Waals surface area contributed by atoms with Crippen LogP contribution < -0.4 is 11.3 Å². The van der Waals surface area contributed by atoms with Gasteiger partial charge >= 0.3 is 0 Å². The molecule has 0 bridgehead atoms. The number of fused-ring (bicyclic) bond motifs is 1. The Bertz CT molecular complexity index is 1050. The Kier molecular flexibility index (Phi) is 1.99. The van der Waals surface area contributed by atoms with Crippen LogP contribution in [-0.4, -0.2) is 21.1 Å². The predicted octanol–water partition coefficient (Wildman–Crippen LogP) is 1.15. The molecule has 0 spiro atoms. The van der Waals surface area contributed by atoms with E-state index in [0.717, 1.165) is 6.07 Å². The van der Waals surface area contributed by atoms with E-state index in [1.165, 1.54) is 6.92 Å². The fourth-order valence-corrected chi connectivity index (χ4v) is 2.31. The summed E-state index contributed by atoms with van der Waals surface area (Å²) < 4.78 is 40.8. The number of benzene rings is 1. The average Bonchev–Trinajstić information content (AvgIpc) is 2.49. The van der Waals surface area contributed by atoms with Gasteiger partial charge in [0.15, 0.2) is 5.78 Å². The minimum Gasteiger partial charge on any atom is -0.398 e. The first-order valence-corrected chi connectivity index (χ1v) is 6.26. The number of rotatable bonds is 1. The van der Waals surface area contributed by atoms with Gasteiger partial charge in [-0.05, 0) is 25.4 Å². The lowest BCUT2D eigenvalue weighted by Gasteiger charge is -2.24. The summed E-state index contributed by atoms with van der Waals surface area (Å²) >= 11 is 0. The fourth-order valence-electron chi connectivity index (χ4n) is 2.31. The topological polar surface area (TPSA) is 95.0 Å². The van der Waals surface area contributed by atoms with E-state index in [2.05, 4.69) is 4.98 Å². The summed E-state index contributed by atoms with van der Waals surface area (Å²) in [7, 11) is 0. The number of aromatic nitrogens is 2. The molecule has 0 saturated heterocycles. The zero-order valence-electron chi connectivity index (χ0n) is 16.2. The first-order valence-electron chi connectivity index (χ1n) is 8.76. The van der Waals surface area contributed by atoms with Crippen molar-refractivity contribution in [2.45, 2.75) is 32.2 Å². The molecule has 1 unspecified atom stereocenters. The summed E-state index contributed by atoms with van der Waals surface area (Å²) in [5.74, 6) is -1.87. The minimum atomic E-state index is -2.68. The molecule has 1 aliphatic rings. The van der Waals surface area contributed by atoms with Crippen molar-refractivity contribution in [3.05, 3.63) is 34.3 Å². The molecule has 2 N–H and O–H groups in total. The van der Waals surface area contributed by atoms with Crippen molar-refractivity contribution in [1.82, 2.24) is 9.55 Å². The van der Waals surface area contributed by atoms with Gasteiger partial charge in [0.1, 0.15) is 11.6 Å². The van der Waals surface area contributed by atoms with E-state index in [1.54, 1.807) is 0 Å². The van der Waals surface area contributed by atoms with Crippen LogP contribution in [0.4, 0.5) is 5.69 Å². The number of hydrogen-bond donors (Lipinski definition) is 1. The Balaban J connectivity index is 2.45. The Morgan fingerprint density at radius 3 is 3.00 bits per heavy atom. The van der Waals surface area contributed by atoms with Gasteiger partial charge in [-0.2, -0.15) is 0 Å². The van der Waals surface area contributed by atoms with Gasteiger partial charge in [-0.1, -0.05) is 6.04 Å². The van der Waals surface area contributed by atoms with Gasteiger partial charge < -0.3 is 5.73 Å². The van der Waals surface area contributed by atoms with Gasteiger partial charge in [0, 0.05) is 14.8 Å². The highest BCUT2D eigenvalue weighted by atomic mass is 16.2. The molecular weight excluding hydrogens is 270 g/mol. The molecule has 0 aliphatic heterocycles. The second-order valence-electron chi connectivity index (χ2n) is 4.73. The number of aryl methyl sites for hydroxylation is 1. The summed E-state index contributed by atoms with van der Waals surface area (Å²) in [5, 5.41) is -0.260. The first kappa shape index (κ1) is 8.71. The molecule has 1 atom stereocenters. The third kappa shape index (κ3) is 2.12. The Labute approximate surface area is 127 Å². The largest absolute Gasteiger partial charge is 0.398 e. The summed E-state index contributed by atoms with van der Waals surface area (Å²) in [6.07, 6.45) is -3.97. The maximum atomic E-state index is 13.0. The molecule has 21 heavy (non-hydrogen) atoms. The SMILES string of the molecule is [2H]c1cc(N)c2c(=O)n(C3([2H])C(=O)CC(=O)CC3([2H])[2H])c(C)nc2c1[2H]. The van der Waals surface area contributed by atoms with Crippen LogP contribution in [0.25, 0.3) is 10.9 Å². The number of nitrogens with two attached hydrogens (primary N) is 1. The maximum Gasteiger partial charge on any atom is 0.264 e. The van der Waals surface area contributed by atoms with Crippen LogP contribution in [0.1, 0.15) is 37.9 Å². The van der Waals surface area contributed by atoms with Crippen molar-refractivity contribution in [2.75, 3.05) is 5.73 Å². The fraction of sp³-hybridized carbons (Fsp3) is 0.333. The van der Waals surface area contributed by atoms with Crippen LogP contribution >= 0.6 is 0 Å². The number of carbonyl (C=O) groups is 2. The Morgan fingerprint density at radius 1 is 1.52 bits per heavy atom. The Hall–Kier alpha value is -2.50. The molecular formula is C15H15N3O3. The zero-order chi connectivity index (χ0) is 19.6. The number of carbonyl (C=O) groups excluding carboxylic acids is 2. The number of ketones is 2. The van der Waals surface area contributed by atoms with E-state index in [0.29, 0.717) is 4.57 Å². The van der Waals surface area contributed by atoms with Crippen molar-refractivity contribution in [3.63, 3.8) is 0 Å². The smallest absolute Gasteiger partial charge is 0.264 e. The number of nitrogens with zero attached hydrogens (tertiary/aromatic N) is 2. The molecule has 3 rings (SSSR count). The molecule has 0 radical (unpaired) electrons. The summed E-state index contributed by atoms with van der Waals surface area (Å²) in [5.41, 5.74) is 4.52. The molecule has 1 aromatic heterocycles. The highest BCUT2D eigenvalue weighted by Crippen LogP contribution is 2.24. The number of Topliss-reactive ketones (excluding diaryl/α,β-unsaturated/α-hetero) is 2. The molecule has 1 saturated carbocycles. The molecule has 6 nitrogen and oxygen atoms in total. The van der Waals surface area contributed by atoms with E-state index in [-0.39, 0.29) is 34.5 Å². The highest BCUT2D eigenvalue weighted by molar-refractivity contribution is 6.03. The van der Waals surface area contributed by atoms with Crippen LogP contribution in [0, 0.1) is 6.92 Å². The molecule has 1 aliphatic carbocycles. The first-order chi connectivity index (χ1) is 11.9. The standard InChI is InChI=1S/C15H15N3O3/c1-8-17-11-4-2-3-10(16)14(11)15(21)18(8)12-6-5-9(19)7-13(12)20/h2-4,12H,5-7,16H2,1H3/i2D,4D,6D2,12D. The summed E-state index contributed by atoms with van der Waals surface area (Å²) in [6, 6.07) is -2.18. The van der Waals surface area contributed by atoms with Crippen LogP contribution in [0.15, 0.2) is 22.9 Å². The van der Waals surface area contributed by atoms with Gasteiger partial charge in [0.2, 0.25) is 0 Å². The minimum absolute atomic E-state index is 0.155. The third-order valence-electron chi connectivity index (χ3n) is 3.26. The second-order valence-corrected chi connectivity index (χ2v) is 4.73. The van der Waals surface area contributed by atoms with Crippen molar-refractivity contribution in [2.24, 2.45) is 0 Å². The summed E-state index contributed by atoms with van der Waals surface area (Å²) in [6.45, 7) is 1.29. The van der Waals surface area contributed by atoms with E-state index < -0.39 is 42.4 Å². The predicted molar refractivity (Wildman–Crippen MR) is 78.1 cm³/mol.